The lowest BCUT2D eigenvalue weighted by atomic mass is 9.97. The van der Waals surface area contributed by atoms with E-state index in [0.29, 0.717) is 24.5 Å². The molecule has 6 nitrogen and oxygen atoms in total. The Morgan fingerprint density at radius 1 is 1.69 bits per heavy atom. The number of anilines is 1. The molecule has 0 bridgehead atoms. The van der Waals surface area contributed by atoms with Crippen LogP contribution in [0.25, 0.3) is 0 Å². The molecule has 1 aliphatic heterocycles. The van der Waals surface area contributed by atoms with Gasteiger partial charge in [-0.25, -0.2) is 0 Å². The molecule has 2 amide bonds. The summed E-state index contributed by atoms with van der Waals surface area (Å²) in [6.07, 6.45) is 0.900. The van der Waals surface area contributed by atoms with Gasteiger partial charge in [-0.15, -0.1) is 0 Å². The van der Waals surface area contributed by atoms with E-state index in [9.17, 15) is 9.59 Å². The Morgan fingerprint density at radius 2 is 2.50 bits per heavy atom. The van der Waals surface area contributed by atoms with Gasteiger partial charge in [-0.05, 0) is 13.3 Å². The molecule has 1 saturated heterocycles. The molecule has 2 heterocycles. The van der Waals surface area contributed by atoms with Crippen LogP contribution in [0, 0.1) is 12.8 Å². The number of carbonyl (C=O) groups excluding carboxylic acids is 2. The fraction of sp³-hybridized carbons (Fsp3) is 0.500. The fourth-order valence-corrected chi connectivity index (χ4v) is 1.66. The lowest BCUT2D eigenvalue weighted by molar-refractivity contribution is -0.129. The number of aromatic nitrogens is 1. The smallest absolute Gasteiger partial charge is 0.229 e. The average Bonchev–Trinajstić information content (AvgIpc) is 2.64. The largest absolute Gasteiger partial charge is 0.360 e. The molecule has 2 rings (SSSR count). The zero-order chi connectivity index (χ0) is 11.5. The number of piperidine rings is 1. The summed E-state index contributed by atoms with van der Waals surface area (Å²) in [4.78, 5) is 22.9. The van der Waals surface area contributed by atoms with Gasteiger partial charge in [0.25, 0.3) is 0 Å². The monoisotopic (exact) mass is 223 g/mol. The van der Waals surface area contributed by atoms with Crippen LogP contribution < -0.4 is 10.6 Å². The highest BCUT2D eigenvalue weighted by Crippen LogP contribution is 2.15. The van der Waals surface area contributed by atoms with E-state index in [2.05, 4.69) is 15.8 Å². The average molecular weight is 223 g/mol. The van der Waals surface area contributed by atoms with Crippen molar-refractivity contribution in [2.75, 3.05) is 11.9 Å². The van der Waals surface area contributed by atoms with Crippen LogP contribution in [0.2, 0.25) is 0 Å². The molecule has 2 N–H and O–H groups in total. The van der Waals surface area contributed by atoms with Gasteiger partial charge in [-0.1, -0.05) is 5.16 Å². The van der Waals surface area contributed by atoms with Crippen LogP contribution in [0.3, 0.4) is 0 Å². The van der Waals surface area contributed by atoms with E-state index in [1.165, 1.54) is 0 Å². The molecule has 0 aromatic carbocycles. The van der Waals surface area contributed by atoms with Gasteiger partial charge >= 0.3 is 0 Å². The number of rotatable bonds is 2. The molecule has 0 radical (unpaired) electrons. The normalized spacial score (nSPS) is 20.3. The van der Waals surface area contributed by atoms with Crippen LogP contribution in [0.15, 0.2) is 10.6 Å². The van der Waals surface area contributed by atoms with Gasteiger partial charge < -0.3 is 15.2 Å². The van der Waals surface area contributed by atoms with Crippen LogP contribution in [-0.4, -0.2) is 23.5 Å². The minimum absolute atomic E-state index is 0.0808. The number of aryl methyl sites for hydroxylation is 1. The van der Waals surface area contributed by atoms with Crippen molar-refractivity contribution in [2.24, 2.45) is 5.92 Å². The number of nitrogens with one attached hydrogen (secondary N) is 2. The van der Waals surface area contributed by atoms with Crippen LogP contribution in [0.4, 0.5) is 5.82 Å². The zero-order valence-corrected chi connectivity index (χ0v) is 8.95. The number of carbonyl (C=O) groups is 2. The molecule has 86 valence electrons. The third kappa shape index (κ3) is 2.39. The molecule has 0 aliphatic carbocycles. The number of amides is 2. The van der Waals surface area contributed by atoms with Crippen LogP contribution in [0.5, 0.6) is 0 Å². The van der Waals surface area contributed by atoms with Crippen molar-refractivity contribution >= 4 is 17.6 Å². The van der Waals surface area contributed by atoms with Gasteiger partial charge in [-0.2, -0.15) is 0 Å². The minimum Gasteiger partial charge on any atom is -0.360 e. The third-order valence-electron chi connectivity index (χ3n) is 2.50. The van der Waals surface area contributed by atoms with E-state index >= 15 is 0 Å². The molecule has 0 saturated carbocycles. The van der Waals surface area contributed by atoms with Gasteiger partial charge in [0.2, 0.25) is 11.8 Å². The highest BCUT2D eigenvalue weighted by atomic mass is 16.5. The summed E-state index contributed by atoms with van der Waals surface area (Å²) in [7, 11) is 0. The summed E-state index contributed by atoms with van der Waals surface area (Å²) in [5, 5.41) is 8.97. The third-order valence-corrected chi connectivity index (χ3v) is 2.50. The number of hydrogen-bond donors (Lipinski definition) is 2. The highest BCUT2D eigenvalue weighted by Gasteiger charge is 2.25. The molecule has 16 heavy (non-hydrogen) atoms. The molecule has 1 aromatic rings. The molecule has 0 spiro atoms. The van der Waals surface area contributed by atoms with Crippen molar-refractivity contribution in [3.63, 3.8) is 0 Å². The molecule has 1 atom stereocenters. The molecule has 1 aliphatic rings. The summed E-state index contributed by atoms with van der Waals surface area (Å²) in [5.41, 5.74) is 0. The topological polar surface area (TPSA) is 84.2 Å². The second kappa shape index (κ2) is 4.34. The van der Waals surface area contributed by atoms with Crippen LogP contribution in [-0.2, 0) is 9.59 Å². The van der Waals surface area contributed by atoms with Crippen molar-refractivity contribution in [1.82, 2.24) is 10.5 Å². The predicted molar refractivity (Wildman–Crippen MR) is 55.6 cm³/mol. The molecule has 6 heteroatoms. The molecule has 1 unspecified atom stereocenters. The van der Waals surface area contributed by atoms with Crippen molar-refractivity contribution in [3.05, 3.63) is 11.8 Å². The maximum absolute atomic E-state index is 11.7. The Kier molecular flexibility index (Phi) is 2.89. The van der Waals surface area contributed by atoms with E-state index in [-0.39, 0.29) is 24.2 Å². The van der Waals surface area contributed by atoms with Crippen LogP contribution >= 0.6 is 0 Å². The quantitative estimate of drug-likeness (QED) is 0.762. The van der Waals surface area contributed by atoms with Gasteiger partial charge in [-0.3, -0.25) is 9.59 Å². The Hall–Kier alpha value is -1.85. The zero-order valence-electron chi connectivity index (χ0n) is 8.95. The van der Waals surface area contributed by atoms with Crippen molar-refractivity contribution in [1.29, 1.82) is 0 Å². The summed E-state index contributed by atoms with van der Waals surface area (Å²) >= 11 is 0. The molecule has 1 fully saturated rings. The summed E-state index contributed by atoms with van der Waals surface area (Å²) < 4.78 is 4.83. The maximum atomic E-state index is 11.7. The Morgan fingerprint density at radius 3 is 3.12 bits per heavy atom. The standard InChI is InChI=1S/C10H13N3O3/c1-6-4-8(13-16-6)12-10(15)7-2-3-11-9(14)5-7/h4,7H,2-3,5H2,1H3,(H,11,14)(H,12,13,15). The first-order chi connectivity index (χ1) is 7.65. The maximum Gasteiger partial charge on any atom is 0.229 e. The van der Waals surface area contributed by atoms with Crippen molar-refractivity contribution in [3.8, 4) is 0 Å². The summed E-state index contributed by atoms with van der Waals surface area (Å²) in [6.45, 7) is 2.30. The van der Waals surface area contributed by atoms with Crippen LogP contribution in [0.1, 0.15) is 18.6 Å². The second-order valence-electron chi connectivity index (χ2n) is 3.85. The fourth-order valence-electron chi connectivity index (χ4n) is 1.66. The predicted octanol–water partition coefficient (Wildman–Crippen LogP) is 0.448. The number of nitrogens with zero attached hydrogens (tertiary/aromatic N) is 1. The Labute approximate surface area is 92.4 Å². The van der Waals surface area contributed by atoms with Gasteiger partial charge in [0.05, 0.1) is 0 Å². The summed E-state index contributed by atoms with van der Waals surface area (Å²) in [5.74, 6) is 0.502. The van der Waals surface area contributed by atoms with Gasteiger partial charge in [0, 0.05) is 24.9 Å². The van der Waals surface area contributed by atoms with E-state index in [4.69, 9.17) is 4.52 Å². The second-order valence-corrected chi connectivity index (χ2v) is 3.85. The van der Waals surface area contributed by atoms with E-state index in [1.807, 2.05) is 0 Å². The molecular weight excluding hydrogens is 210 g/mol. The van der Waals surface area contributed by atoms with Crippen molar-refractivity contribution < 1.29 is 14.1 Å². The SMILES string of the molecule is Cc1cc(NC(=O)C2CCNC(=O)C2)no1. The molecule has 1 aromatic heterocycles. The van der Waals surface area contributed by atoms with Gasteiger partial charge in [0.15, 0.2) is 5.82 Å². The van der Waals surface area contributed by atoms with Crippen molar-refractivity contribution in [2.45, 2.75) is 19.8 Å². The number of hydrogen-bond acceptors (Lipinski definition) is 4. The molecular formula is C10H13N3O3. The van der Waals surface area contributed by atoms with Gasteiger partial charge in [0.1, 0.15) is 5.76 Å². The summed E-state index contributed by atoms with van der Waals surface area (Å²) in [6, 6.07) is 1.64. The Bertz CT molecular complexity index is 413. The first-order valence-electron chi connectivity index (χ1n) is 5.16. The first kappa shape index (κ1) is 10.7. The van der Waals surface area contributed by atoms with E-state index < -0.39 is 0 Å². The highest BCUT2D eigenvalue weighted by molar-refractivity contribution is 5.95. The lowest BCUT2D eigenvalue weighted by Gasteiger charge is -2.20. The minimum atomic E-state index is -0.272. The van der Waals surface area contributed by atoms with E-state index in [0.717, 1.165) is 0 Å². The van der Waals surface area contributed by atoms with E-state index in [1.54, 1.807) is 13.0 Å². The first-order valence-corrected chi connectivity index (χ1v) is 5.16. The Balaban J connectivity index is 1.94. The lowest BCUT2D eigenvalue weighted by Crippen LogP contribution is -2.38.